The zero-order valence-electron chi connectivity index (χ0n) is 10.0. The van der Waals surface area contributed by atoms with Crippen molar-refractivity contribution < 1.29 is 14.3 Å². The molecular formula is C13H14Cl2O3. The molecule has 0 heterocycles. The fourth-order valence-corrected chi connectivity index (χ4v) is 1.80. The molecule has 2 rings (SSSR count). The minimum Gasteiger partial charge on any atom is -0.496 e. The number of fused-ring (bicyclic) bond motifs is 1. The van der Waals surface area contributed by atoms with Crippen LogP contribution in [0.3, 0.4) is 0 Å². The normalized spacial score (nSPS) is 13.2. The number of ether oxygens (including phenoxy) is 1. The number of rotatable bonds is 2. The average molecular weight is 289 g/mol. The predicted octanol–water partition coefficient (Wildman–Crippen LogP) is 2.74. The van der Waals surface area contributed by atoms with Gasteiger partial charge in [-0.25, -0.2) is 0 Å². The Balaban J connectivity index is 0.000000280. The number of halogens is 2. The molecule has 0 N–H and O–H groups in total. The fourth-order valence-electron chi connectivity index (χ4n) is 1.80. The lowest BCUT2D eigenvalue weighted by atomic mass is 9.90. The van der Waals surface area contributed by atoms with Gasteiger partial charge in [-0.3, -0.25) is 9.59 Å². The third-order valence-electron chi connectivity index (χ3n) is 2.60. The summed E-state index contributed by atoms with van der Waals surface area (Å²) in [6.07, 6.45) is 2.09. The summed E-state index contributed by atoms with van der Waals surface area (Å²) in [4.78, 5) is 20.7. The molecule has 0 fully saturated rings. The van der Waals surface area contributed by atoms with E-state index in [0.717, 1.165) is 17.7 Å². The number of benzene rings is 1. The van der Waals surface area contributed by atoms with Gasteiger partial charge in [-0.2, -0.15) is 0 Å². The number of carbonyl (C=O) groups excluding carboxylic acids is 2. The van der Waals surface area contributed by atoms with Gasteiger partial charge in [-0.1, -0.05) is 12.1 Å². The van der Waals surface area contributed by atoms with Crippen molar-refractivity contribution in [1.29, 1.82) is 0 Å². The number of carbonyl (C=O) groups is 2. The Hall–Kier alpha value is -1.06. The Morgan fingerprint density at radius 3 is 2.61 bits per heavy atom. The average Bonchev–Trinajstić information content (AvgIpc) is 2.38. The van der Waals surface area contributed by atoms with Gasteiger partial charge in [0.05, 0.1) is 13.0 Å². The number of hydrogen-bond donors (Lipinski definition) is 0. The zero-order valence-corrected chi connectivity index (χ0v) is 11.6. The van der Waals surface area contributed by atoms with Crippen LogP contribution in [0.2, 0.25) is 0 Å². The highest BCUT2D eigenvalue weighted by atomic mass is 35.5. The van der Waals surface area contributed by atoms with Crippen molar-refractivity contribution in [2.24, 2.45) is 0 Å². The minimum atomic E-state index is -0.508. The van der Waals surface area contributed by atoms with Gasteiger partial charge in [-0.05, 0) is 29.7 Å². The second-order valence-corrected chi connectivity index (χ2v) is 4.49. The van der Waals surface area contributed by atoms with E-state index in [4.69, 9.17) is 27.9 Å². The van der Waals surface area contributed by atoms with Crippen LogP contribution in [-0.2, 0) is 22.4 Å². The van der Waals surface area contributed by atoms with Crippen LogP contribution in [0.15, 0.2) is 18.2 Å². The lowest BCUT2D eigenvalue weighted by Gasteiger charge is -2.17. The van der Waals surface area contributed by atoms with E-state index in [1.54, 1.807) is 7.11 Å². The van der Waals surface area contributed by atoms with Gasteiger partial charge in [0.25, 0.3) is 0 Å². The van der Waals surface area contributed by atoms with E-state index in [2.05, 4.69) is 6.07 Å². The Morgan fingerprint density at radius 1 is 1.39 bits per heavy atom. The molecule has 1 aromatic carbocycles. The molecule has 5 heteroatoms. The molecule has 0 radical (unpaired) electrons. The summed E-state index contributed by atoms with van der Waals surface area (Å²) in [5.41, 5.74) is 2.35. The number of Topliss-reactive ketones (excluding diaryl/α,β-unsaturated/α-hetero) is 1. The molecule has 0 spiro atoms. The molecule has 0 aromatic heterocycles. The molecule has 3 nitrogen and oxygen atoms in total. The van der Waals surface area contributed by atoms with Crippen LogP contribution in [-0.4, -0.2) is 24.0 Å². The lowest BCUT2D eigenvalue weighted by Crippen LogP contribution is -2.14. The van der Waals surface area contributed by atoms with E-state index in [0.29, 0.717) is 18.6 Å². The van der Waals surface area contributed by atoms with Crippen molar-refractivity contribution in [3.05, 3.63) is 29.3 Å². The lowest BCUT2D eigenvalue weighted by molar-refractivity contribution is -0.118. The largest absolute Gasteiger partial charge is 0.496 e. The van der Waals surface area contributed by atoms with Gasteiger partial charge in [0.2, 0.25) is 5.24 Å². The van der Waals surface area contributed by atoms with Crippen molar-refractivity contribution >= 4 is 34.2 Å². The van der Waals surface area contributed by atoms with Crippen LogP contribution < -0.4 is 4.74 Å². The highest BCUT2D eigenvalue weighted by Crippen LogP contribution is 2.27. The van der Waals surface area contributed by atoms with Gasteiger partial charge in [0.15, 0.2) is 0 Å². The SMILES string of the molecule is COc1cccc2c1CC(=O)CC2.O=C(Cl)CCl. The van der Waals surface area contributed by atoms with Gasteiger partial charge in [0, 0.05) is 18.4 Å². The zero-order chi connectivity index (χ0) is 13.5. The molecule has 1 aromatic rings. The molecule has 1 aliphatic carbocycles. The molecule has 1 aliphatic rings. The maximum Gasteiger partial charge on any atom is 0.236 e. The second kappa shape index (κ2) is 7.39. The van der Waals surface area contributed by atoms with Crippen molar-refractivity contribution in [3.8, 4) is 5.75 Å². The topological polar surface area (TPSA) is 43.4 Å². The van der Waals surface area contributed by atoms with Crippen LogP contribution >= 0.6 is 23.2 Å². The highest BCUT2D eigenvalue weighted by Gasteiger charge is 2.18. The van der Waals surface area contributed by atoms with E-state index in [-0.39, 0.29) is 5.88 Å². The third-order valence-corrected chi connectivity index (χ3v) is 3.12. The third kappa shape index (κ3) is 4.31. The van der Waals surface area contributed by atoms with E-state index in [9.17, 15) is 9.59 Å². The molecule has 18 heavy (non-hydrogen) atoms. The molecule has 0 atom stereocenters. The number of aryl methyl sites for hydroxylation is 1. The van der Waals surface area contributed by atoms with Crippen molar-refractivity contribution in [2.45, 2.75) is 19.3 Å². The number of alkyl halides is 1. The van der Waals surface area contributed by atoms with Gasteiger partial charge in [-0.15, -0.1) is 11.6 Å². The fraction of sp³-hybridized carbons (Fsp3) is 0.385. The maximum atomic E-state index is 11.2. The van der Waals surface area contributed by atoms with Gasteiger partial charge in [0.1, 0.15) is 11.5 Å². The van der Waals surface area contributed by atoms with Crippen LogP contribution in [0.1, 0.15) is 17.5 Å². The second-order valence-electron chi connectivity index (χ2n) is 3.80. The number of hydrogen-bond acceptors (Lipinski definition) is 3. The number of ketones is 1. The first kappa shape index (κ1) is 15.0. The van der Waals surface area contributed by atoms with Crippen molar-refractivity contribution in [1.82, 2.24) is 0 Å². The summed E-state index contributed by atoms with van der Waals surface area (Å²) < 4.78 is 5.21. The minimum absolute atomic E-state index is 0.0957. The smallest absolute Gasteiger partial charge is 0.236 e. The van der Waals surface area contributed by atoms with Crippen LogP contribution in [0, 0.1) is 0 Å². The first-order chi connectivity index (χ1) is 8.58. The van der Waals surface area contributed by atoms with E-state index >= 15 is 0 Å². The predicted molar refractivity (Wildman–Crippen MR) is 71.6 cm³/mol. The van der Waals surface area contributed by atoms with E-state index < -0.39 is 5.24 Å². The molecule has 98 valence electrons. The molecule has 0 bridgehead atoms. The first-order valence-electron chi connectivity index (χ1n) is 5.49. The van der Waals surface area contributed by atoms with Gasteiger partial charge < -0.3 is 4.74 Å². The van der Waals surface area contributed by atoms with Gasteiger partial charge >= 0.3 is 0 Å². The summed E-state index contributed by atoms with van der Waals surface area (Å²) in [6.45, 7) is 0. The molecular weight excluding hydrogens is 275 g/mol. The Bertz CT molecular complexity index is 430. The number of methoxy groups -OCH3 is 1. The monoisotopic (exact) mass is 288 g/mol. The highest BCUT2D eigenvalue weighted by molar-refractivity contribution is 6.67. The van der Waals surface area contributed by atoms with E-state index in [1.807, 2.05) is 12.1 Å². The first-order valence-corrected chi connectivity index (χ1v) is 6.40. The molecule has 0 unspecified atom stereocenters. The van der Waals surface area contributed by atoms with Crippen LogP contribution in [0.5, 0.6) is 5.75 Å². The summed E-state index contributed by atoms with van der Waals surface area (Å²) in [6, 6.07) is 5.97. The quantitative estimate of drug-likeness (QED) is 0.621. The Labute approximate surface area is 116 Å². The summed E-state index contributed by atoms with van der Waals surface area (Å²) in [7, 11) is 1.65. The van der Waals surface area contributed by atoms with Crippen LogP contribution in [0.25, 0.3) is 0 Å². The Morgan fingerprint density at radius 2 is 2.06 bits per heavy atom. The summed E-state index contributed by atoms with van der Waals surface area (Å²) in [5, 5.41) is -0.508. The summed E-state index contributed by atoms with van der Waals surface area (Å²) in [5.74, 6) is 1.07. The van der Waals surface area contributed by atoms with Crippen LogP contribution in [0.4, 0.5) is 0 Å². The molecule has 0 saturated carbocycles. The van der Waals surface area contributed by atoms with Crippen molar-refractivity contribution in [3.63, 3.8) is 0 Å². The molecule has 0 amide bonds. The molecule has 0 saturated heterocycles. The standard InChI is InChI=1S/C11H12O2.C2H2Cl2O/c1-13-11-4-2-3-8-5-6-9(12)7-10(8)11;3-1-2(4)5/h2-4H,5-7H2,1H3;1H2. The summed E-state index contributed by atoms with van der Waals surface area (Å²) >= 11 is 9.55. The van der Waals surface area contributed by atoms with Crippen molar-refractivity contribution in [2.75, 3.05) is 13.0 Å². The Kier molecular flexibility index (Phi) is 6.16. The maximum absolute atomic E-state index is 11.2. The van der Waals surface area contributed by atoms with E-state index in [1.165, 1.54) is 5.56 Å². The molecule has 0 aliphatic heterocycles.